The lowest BCUT2D eigenvalue weighted by atomic mass is 10.0. The molecule has 2 aromatic rings. The predicted molar refractivity (Wildman–Crippen MR) is 104 cm³/mol. The maximum Gasteiger partial charge on any atom is 0.243 e. The molecule has 2 rings (SSSR count). The quantitative estimate of drug-likeness (QED) is 0.810. The smallest absolute Gasteiger partial charge is 0.243 e. The Labute approximate surface area is 156 Å². The molecule has 1 N–H and O–H groups in total. The van der Waals surface area contributed by atoms with E-state index in [0.717, 1.165) is 22.5 Å². The molecule has 140 valence electrons. The van der Waals surface area contributed by atoms with Crippen LogP contribution in [-0.4, -0.2) is 31.9 Å². The molecule has 2 atom stereocenters. The number of aryl methyl sites for hydroxylation is 1. The third-order valence-electron chi connectivity index (χ3n) is 4.50. The molecule has 1 amide bonds. The summed E-state index contributed by atoms with van der Waals surface area (Å²) in [7, 11) is -2.11. The van der Waals surface area contributed by atoms with Gasteiger partial charge in [-0.05, 0) is 30.0 Å². The summed E-state index contributed by atoms with van der Waals surface area (Å²) < 4.78 is 25.1. The second-order valence-corrected chi connectivity index (χ2v) is 8.46. The molecule has 26 heavy (non-hydrogen) atoms. The fraction of sp³-hybridized carbons (Fsp3) is 0.350. The van der Waals surface area contributed by atoms with Gasteiger partial charge in [0, 0.05) is 7.05 Å². The molecule has 0 radical (unpaired) electrons. The van der Waals surface area contributed by atoms with Crippen LogP contribution >= 0.6 is 0 Å². The highest BCUT2D eigenvalue weighted by molar-refractivity contribution is 7.88. The Morgan fingerprint density at radius 1 is 1.04 bits per heavy atom. The first-order valence-corrected chi connectivity index (χ1v) is 10.5. The topological polar surface area (TPSA) is 66.5 Å². The Morgan fingerprint density at radius 3 is 2.12 bits per heavy atom. The summed E-state index contributed by atoms with van der Waals surface area (Å²) >= 11 is 0. The highest BCUT2D eigenvalue weighted by atomic mass is 32.2. The number of benzene rings is 2. The fourth-order valence-electron chi connectivity index (χ4n) is 2.77. The summed E-state index contributed by atoms with van der Waals surface area (Å²) in [6, 6.07) is 15.8. The van der Waals surface area contributed by atoms with Crippen molar-refractivity contribution < 1.29 is 13.2 Å². The van der Waals surface area contributed by atoms with Crippen LogP contribution in [0.25, 0.3) is 0 Å². The number of amides is 1. The standard InChI is InChI=1S/C20H26N2O3S/c1-5-16-11-13-17(14-12-16)15(2)21-20(23)19(22(3)26(4,24)25)18-9-7-6-8-10-18/h6-15,19H,5H2,1-4H3,(H,21,23)/t15-,19-/m1/s1. The zero-order valence-corrected chi connectivity index (χ0v) is 16.5. The normalized spacial score (nSPS) is 14.0. The lowest BCUT2D eigenvalue weighted by Gasteiger charge is -2.27. The van der Waals surface area contributed by atoms with E-state index in [0.29, 0.717) is 5.56 Å². The predicted octanol–water partition coefficient (Wildman–Crippen LogP) is 3.06. The van der Waals surface area contributed by atoms with Crippen LogP contribution in [0.2, 0.25) is 0 Å². The van der Waals surface area contributed by atoms with Gasteiger partial charge in [0.15, 0.2) is 0 Å². The van der Waals surface area contributed by atoms with Gasteiger partial charge in [-0.15, -0.1) is 0 Å². The highest BCUT2D eigenvalue weighted by Crippen LogP contribution is 2.23. The molecule has 0 aromatic heterocycles. The van der Waals surface area contributed by atoms with Crippen molar-refractivity contribution in [1.29, 1.82) is 0 Å². The van der Waals surface area contributed by atoms with E-state index in [1.54, 1.807) is 24.3 Å². The molecule has 0 spiro atoms. The number of carbonyl (C=O) groups is 1. The molecular formula is C20H26N2O3S. The zero-order valence-electron chi connectivity index (χ0n) is 15.6. The van der Waals surface area contributed by atoms with Gasteiger partial charge in [0.2, 0.25) is 15.9 Å². The molecule has 0 saturated heterocycles. The lowest BCUT2D eigenvalue weighted by Crippen LogP contribution is -2.42. The molecule has 6 heteroatoms. The zero-order chi connectivity index (χ0) is 19.3. The first-order valence-electron chi connectivity index (χ1n) is 8.61. The van der Waals surface area contributed by atoms with Gasteiger partial charge in [-0.1, -0.05) is 61.5 Å². The SMILES string of the molecule is CCc1ccc([C@@H](C)NC(=O)[C@@H](c2ccccc2)N(C)S(C)(=O)=O)cc1. The maximum atomic E-state index is 12.9. The molecule has 0 unspecified atom stereocenters. The number of rotatable bonds is 7. The molecule has 0 bridgehead atoms. The van der Waals surface area contributed by atoms with Gasteiger partial charge < -0.3 is 5.32 Å². The van der Waals surface area contributed by atoms with Crippen molar-refractivity contribution >= 4 is 15.9 Å². The average Bonchev–Trinajstić information content (AvgIpc) is 2.62. The first-order chi connectivity index (χ1) is 12.2. The maximum absolute atomic E-state index is 12.9. The van der Waals surface area contributed by atoms with Gasteiger partial charge >= 0.3 is 0 Å². The van der Waals surface area contributed by atoms with Crippen LogP contribution in [0.4, 0.5) is 0 Å². The molecule has 0 aliphatic rings. The van der Waals surface area contributed by atoms with Crippen molar-refractivity contribution in [3.8, 4) is 0 Å². The van der Waals surface area contributed by atoms with Gasteiger partial charge in [-0.25, -0.2) is 8.42 Å². The Hall–Kier alpha value is -2.18. The van der Waals surface area contributed by atoms with Crippen LogP contribution in [0.3, 0.4) is 0 Å². The van der Waals surface area contributed by atoms with Crippen LogP contribution in [0.5, 0.6) is 0 Å². The fourth-order valence-corrected chi connectivity index (χ4v) is 3.37. The van der Waals surface area contributed by atoms with Crippen LogP contribution in [0, 0.1) is 0 Å². The van der Waals surface area contributed by atoms with E-state index in [1.165, 1.54) is 12.6 Å². The molecular weight excluding hydrogens is 348 g/mol. The monoisotopic (exact) mass is 374 g/mol. The molecule has 0 fully saturated rings. The Balaban J connectivity index is 2.25. The Bertz CT molecular complexity index is 833. The summed E-state index contributed by atoms with van der Waals surface area (Å²) in [5, 5.41) is 2.94. The van der Waals surface area contributed by atoms with E-state index >= 15 is 0 Å². The second kappa shape index (κ2) is 8.47. The van der Waals surface area contributed by atoms with Crippen molar-refractivity contribution in [2.75, 3.05) is 13.3 Å². The summed E-state index contributed by atoms with van der Waals surface area (Å²) in [4.78, 5) is 12.9. The van der Waals surface area contributed by atoms with Gasteiger partial charge in [0.05, 0.1) is 12.3 Å². The van der Waals surface area contributed by atoms with E-state index in [2.05, 4.69) is 12.2 Å². The van der Waals surface area contributed by atoms with E-state index in [4.69, 9.17) is 0 Å². The van der Waals surface area contributed by atoms with Crippen LogP contribution in [-0.2, 0) is 21.2 Å². The Morgan fingerprint density at radius 2 is 1.62 bits per heavy atom. The third kappa shape index (κ3) is 4.93. The third-order valence-corrected chi connectivity index (χ3v) is 5.75. The number of sulfonamides is 1. The summed E-state index contributed by atoms with van der Waals surface area (Å²) in [5.41, 5.74) is 2.84. The molecule has 5 nitrogen and oxygen atoms in total. The van der Waals surface area contributed by atoms with Gasteiger partial charge in [0.25, 0.3) is 0 Å². The number of nitrogens with zero attached hydrogens (tertiary/aromatic N) is 1. The number of hydrogen-bond acceptors (Lipinski definition) is 3. The van der Waals surface area contributed by atoms with Crippen LogP contribution in [0.1, 0.15) is 42.6 Å². The van der Waals surface area contributed by atoms with Crippen LogP contribution in [0.15, 0.2) is 54.6 Å². The summed E-state index contributed by atoms with van der Waals surface area (Å²) in [6.45, 7) is 3.98. The van der Waals surface area contributed by atoms with Crippen LogP contribution < -0.4 is 5.32 Å². The first kappa shape index (κ1) is 20.1. The lowest BCUT2D eigenvalue weighted by molar-refractivity contribution is -0.125. The van der Waals surface area contributed by atoms with Gasteiger partial charge in [0.1, 0.15) is 6.04 Å². The number of nitrogens with one attached hydrogen (secondary N) is 1. The highest BCUT2D eigenvalue weighted by Gasteiger charge is 2.31. The minimum Gasteiger partial charge on any atom is -0.348 e. The van der Waals surface area contributed by atoms with E-state index in [-0.39, 0.29) is 11.9 Å². The van der Waals surface area contributed by atoms with Crippen molar-refractivity contribution in [3.63, 3.8) is 0 Å². The van der Waals surface area contributed by atoms with E-state index in [1.807, 2.05) is 37.3 Å². The second-order valence-electron chi connectivity index (χ2n) is 6.42. The summed E-state index contributed by atoms with van der Waals surface area (Å²) in [6.07, 6.45) is 2.05. The average molecular weight is 375 g/mol. The minimum atomic E-state index is -3.53. The molecule has 0 aliphatic heterocycles. The number of carbonyl (C=O) groups excluding carboxylic acids is 1. The number of hydrogen-bond donors (Lipinski definition) is 1. The minimum absolute atomic E-state index is 0.229. The largest absolute Gasteiger partial charge is 0.348 e. The van der Waals surface area contributed by atoms with E-state index in [9.17, 15) is 13.2 Å². The van der Waals surface area contributed by atoms with Crippen molar-refractivity contribution in [3.05, 3.63) is 71.3 Å². The Kier molecular flexibility index (Phi) is 6.56. The van der Waals surface area contributed by atoms with Crippen molar-refractivity contribution in [2.45, 2.75) is 32.4 Å². The van der Waals surface area contributed by atoms with Gasteiger partial charge in [-0.3, -0.25) is 4.79 Å². The molecule has 2 aromatic carbocycles. The van der Waals surface area contributed by atoms with E-state index < -0.39 is 16.1 Å². The molecule has 0 saturated carbocycles. The van der Waals surface area contributed by atoms with Gasteiger partial charge in [-0.2, -0.15) is 4.31 Å². The van der Waals surface area contributed by atoms with Crippen molar-refractivity contribution in [2.24, 2.45) is 0 Å². The summed E-state index contributed by atoms with van der Waals surface area (Å²) in [5.74, 6) is -0.351. The molecule has 0 heterocycles. The number of likely N-dealkylation sites (N-methyl/N-ethyl adjacent to an activating group) is 1. The molecule has 0 aliphatic carbocycles. The van der Waals surface area contributed by atoms with Crippen molar-refractivity contribution in [1.82, 2.24) is 9.62 Å².